The molecule has 1 aliphatic heterocycles. The molecule has 0 fully saturated rings. The Labute approximate surface area is 151 Å². The number of ether oxygens (including phenoxy) is 2. The van der Waals surface area contributed by atoms with Gasteiger partial charge in [-0.3, -0.25) is 9.59 Å². The predicted molar refractivity (Wildman–Crippen MR) is 93.1 cm³/mol. The zero-order chi connectivity index (χ0) is 19.1. The van der Waals surface area contributed by atoms with Gasteiger partial charge in [0.05, 0.1) is 32.9 Å². The van der Waals surface area contributed by atoms with Crippen molar-refractivity contribution in [2.45, 2.75) is 12.8 Å². The van der Waals surface area contributed by atoms with Gasteiger partial charge in [0, 0.05) is 18.7 Å². The average Bonchev–Trinajstić information content (AvgIpc) is 2.96. The summed E-state index contributed by atoms with van der Waals surface area (Å²) in [5.74, 6) is -1.27. The third kappa shape index (κ3) is 4.60. The lowest BCUT2D eigenvalue weighted by molar-refractivity contribution is -0.140. The van der Waals surface area contributed by atoms with E-state index in [0.29, 0.717) is 12.1 Å². The van der Waals surface area contributed by atoms with Crippen molar-refractivity contribution < 1.29 is 29.0 Å². The average molecular weight is 362 g/mol. The number of esters is 2. The Hall–Kier alpha value is -2.87. The highest BCUT2D eigenvalue weighted by atomic mass is 16.5. The molecule has 0 spiro atoms. The summed E-state index contributed by atoms with van der Waals surface area (Å²) in [7, 11) is 2.59. The maximum absolute atomic E-state index is 12.5. The van der Waals surface area contributed by atoms with Crippen LogP contribution in [0.5, 0.6) is 0 Å². The van der Waals surface area contributed by atoms with Gasteiger partial charge >= 0.3 is 11.9 Å². The van der Waals surface area contributed by atoms with Crippen molar-refractivity contribution in [1.29, 1.82) is 0 Å². The van der Waals surface area contributed by atoms with E-state index < -0.39 is 5.97 Å². The molecule has 0 radical (unpaired) electrons. The Morgan fingerprint density at radius 2 is 2.04 bits per heavy atom. The van der Waals surface area contributed by atoms with Gasteiger partial charge in [-0.15, -0.1) is 0 Å². The van der Waals surface area contributed by atoms with Gasteiger partial charge in [-0.1, -0.05) is 12.1 Å². The van der Waals surface area contributed by atoms with E-state index in [-0.39, 0.29) is 49.3 Å². The minimum absolute atomic E-state index is 0.0798. The molecule has 8 nitrogen and oxygen atoms in total. The molecule has 1 aromatic rings. The number of hydrogen-bond acceptors (Lipinski definition) is 7. The summed E-state index contributed by atoms with van der Waals surface area (Å²) in [4.78, 5) is 37.1. The van der Waals surface area contributed by atoms with Crippen LogP contribution in [0, 0.1) is 0 Å². The lowest BCUT2D eigenvalue weighted by atomic mass is 10.1. The van der Waals surface area contributed by atoms with Gasteiger partial charge in [-0.05, 0) is 24.1 Å². The Morgan fingerprint density at radius 1 is 1.27 bits per heavy atom. The maximum atomic E-state index is 12.5. The van der Waals surface area contributed by atoms with Crippen LogP contribution in [0.25, 0.3) is 0 Å². The first-order chi connectivity index (χ1) is 12.5. The minimum Gasteiger partial charge on any atom is -0.469 e. The number of carbonyl (C=O) groups is 3. The summed E-state index contributed by atoms with van der Waals surface area (Å²) < 4.78 is 9.38. The topological polar surface area (TPSA) is 105 Å². The molecule has 0 bridgehead atoms. The van der Waals surface area contributed by atoms with E-state index in [4.69, 9.17) is 9.84 Å². The van der Waals surface area contributed by atoms with Crippen molar-refractivity contribution in [1.82, 2.24) is 4.90 Å². The molecule has 26 heavy (non-hydrogen) atoms. The van der Waals surface area contributed by atoms with Gasteiger partial charge in [0.15, 0.2) is 0 Å². The fraction of sp³-hybridized carbons (Fsp3) is 0.389. The second-order valence-corrected chi connectivity index (χ2v) is 5.70. The third-order valence-electron chi connectivity index (χ3n) is 4.00. The Balaban J connectivity index is 2.19. The van der Waals surface area contributed by atoms with Gasteiger partial charge in [0.2, 0.25) is 0 Å². The quantitative estimate of drug-likeness (QED) is 0.648. The number of aryl methyl sites for hydroxylation is 1. The molecule has 140 valence electrons. The molecule has 1 aliphatic rings. The normalized spacial score (nSPS) is 13.8. The van der Waals surface area contributed by atoms with Gasteiger partial charge in [-0.25, -0.2) is 4.79 Å². The number of methoxy groups -OCH3 is 2. The van der Waals surface area contributed by atoms with E-state index in [1.807, 2.05) is 6.07 Å². The smallest absolute Gasteiger partial charge is 0.337 e. The number of hydrogen-bond donors (Lipinski definition) is 2. The van der Waals surface area contributed by atoms with E-state index in [0.717, 1.165) is 5.56 Å². The summed E-state index contributed by atoms with van der Waals surface area (Å²) in [6.45, 7) is 0.0105. The number of amides is 1. The Kier molecular flexibility index (Phi) is 6.74. The van der Waals surface area contributed by atoms with Crippen molar-refractivity contribution in [2.24, 2.45) is 0 Å². The second-order valence-electron chi connectivity index (χ2n) is 5.70. The van der Waals surface area contributed by atoms with Crippen molar-refractivity contribution >= 4 is 23.5 Å². The fourth-order valence-corrected chi connectivity index (χ4v) is 2.65. The first-order valence-corrected chi connectivity index (χ1v) is 8.14. The van der Waals surface area contributed by atoms with Crippen molar-refractivity contribution in [2.75, 3.05) is 39.2 Å². The summed E-state index contributed by atoms with van der Waals surface area (Å²) >= 11 is 0. The minimum atomic E-state index is -0.594. The number of anilines is 1. The van der Waals surface area contributed by atoms with Crippen molar-refractivity contribution in [3.63, 3.8) is 0 Å². The predicted octanol–water partition coefficient (Wildman–Crippen LogP) is 0.466. The monoisotopic (exact) mass is 362 g/mol. The van der Waals surface area contributed by atoms with E-state index in [2.05, 4.69) is 10.1 Å². The zero-order valence-corrected chi connectivity index (χ0v) is 14.8. The Morgan fingerprint density at radius 3 is 2.69 bits per heavy atom. The van der Waals surface area contributed by atoms with Crippen LogP contribution in [-0.2, 0) is 30.3 Å². The van der Waals surface area contributed by atoms with Crippen LogP contribution in [0.15, 0.2) is 35.5 Å². The number of aliphatic hydroxyl groups is 1. The van der Waals surface area contributed by atoms with Crippen molar-refractivity contribution in [3.05, 3.63) is 41.1 Å². The molecular weight excluding hydrogens is 340 g/mol. The first kappa shape index (κ1) is 19.5. The number of aliphatic hydroxyl groups excluding tert-OH is 1. The Bertz CT molecular complexity index is 728. The van der Waals surface area contributed by atoms with Crippen LogP contribution >= 0.6 is 0 Å². The highest BCUT2D eigenvalue weighted by molar-refractivity contribution is 6.08. The first-order valence-electron chi connectivity index (χ1n) is 8.14. The van der Waals surface area contributed by atoms with Crippen LogP contribution in [0.4, 0.5) is 5.69 Å². The number of nitrogens with zero attached hydrogens (tertiary/aromatic N) is 1. The molecule has 0 aliphatic carbocycles. The molecule has 0 saturated carbocycles. The standard InChI is InChI=1S/C18H22N2O6/c1-25-15(22)7-6-12-4-3-5-13(10-12)19-16-14(18(24)26-2)11-20(8-9-21)17(16)23/h3-5,10,19,21H,6-9,11H2,1-2H3. The van der Waals surface area contributed by atoms with E-state index in [1.165, 1.54) is 19.1 Å². The largest absolute Gasteiger partial charge is 0.469 e. The third-order valence-corrected chi connectivity index (χ3v) is 4.00. The second kappa shape index (κ2) is 9.00. The van der Waals surface area contributed by atoms with Gasteiger partial charge < -0.3 is 24.8 Å². The highest BCUT2D eigenvalue weighted by Crippen LogP contribution is 2.23. The molecule has 0 saturated heterocycles. The molecular formula is C18H22N2O6. The molecule has 0 atom stereocenters. The molecule has 1 amide bonds. The van der Waals surface area contributed by atoms with Crippen LogP contribution < -0.4 is 5.32 Å². The molecule has 2 rings (SSSR count). The molecule has 2 N–H and O–H groups in total. The van der Waals surface area contributed by atoms with Gasteiger partial charge in [0.25, 0.3) is 5.91 Å². The van der Waals surface area contributed by atoms with Crippen molar-refractivity contribution in [3.8, 4) is 0 Å². The number of carbonyl (C=O) groups excluding carboxylic acids is 3. The maximum Gasteiger partial charge on any atom is 0.337 e. The van der Waals surface area contributed by atoms with Crippen LogP contribution in [-0.4, -0.2) is 61.8 Å². The molecule has 0 unspecified atom stereocenters. The number of nitrogens with one attached hydrogen (secondary N) is 1. The van der Waals surface area contributed by atoms with E-state index >= 15 is 0 Å². The fourth-order valence-electron chi connectivity index (χ4n) is 2.65. The van der Waals surface area contributed by atoms with Crippen LogP contribution in [0.2, 0.25) is 0 Å². The summed E-state index contributed by atoms with van der Waals surface area (Å²) in [6.07, 6.45) is 0.745. The molecule has 1 aromatic carbocycles. The van der Waals surface area contributed by atoms with Gasteiger partial charge in [-0.2, -0.15) is 0 Å². The summed E-state index contributed by atoms with van der Waals surface area (Å²) in [5, 5.41) is 12.1. The lowest BCUT2D eigenvalue weighted by Gasteiger charge is -2.15. The number of rotatable bonds is 8. The number of benzene rings is 1. The van der Waals surface area contributed by atoms with E-state index in [1.54, 1.807) is 18.2 Å². The molecule has 8 heteroatoms. The summed E-state index contributed by atoms with van der Waals surface area (Å²) in [5.41, 5.74) is 1.85. The number of β-amino-alcohol motifs (C(OH)–C–C–N with tert-alkyl or cyclic N) is 1. The molecule has 1 heterocycles. The highest BCUT2D eigenvalue weighted by Gasteiger charge is 2.34. The van der Waals surface area contributed by atoms with Crippen LogP contribution in [0.1, 0.15) is 12.0 Å². The summed E-state index contributed by atoms with van der Waals surface area (Å²) in [6, 6.07) is 7.20. The SMILES string of the molecule is COC(=O)CCc1cccc(NC2=C(C(=O)OC)CN(CCO)C2=O)c1. The lowest BCUT2D eigenvalue weighted by Crippen LogP contribution is -2.31. The van der Waals surface area contributed by atoms with Crippen LogP contribution in [0.3, 0.4) is 0 Å². The zero-order valence-electron chi connectivity index (χ0n) is 14.8. The molecule has 0 aromatic heterocycles. The van der Waals surface area contributed by atoms with E-state index in [9.17, 15) is 14.4 Å². The van der Waals surface area contributed by atoms with Gasteiger partial charge in [0.1, 0.15) is 5.70 Å².